The van der Waals surface area contributed by atoms with E-state index >= 15 is 0 Å². The van der Waals surface area contributed by atoms with Gasteiger partial charge in [0.05, 0.1) is 6.61 Å². The zero-order chi connectivity index (χ0) is 16.8. The minimum absolute atomic E-state index is 0.0980. The van der Waals surface area contributed by atoms with Crippen LogP contribution in [0.1, 0.15) is 40.3 Å². The lowest BCUT2D eigenvalue weighted by Gasteiger charge is -2.09. The summed E-state index contributed by atoms with van der Waals surface area (Å²) in [5, 5.41) is 2.46. The maximum atomic E-state index is 12.1. The summed E-state index contributed by atoms with van der Waals surface area (Å²) in [7, 11) is 0. The Hall–Kier alpha value is -2.89. The van der Waals surface area contributed by atoms with Gasteiger partial charge in [0.15, 0.2) is 0 Å². The number of benzene rings is 1. The highest BCUT2D eigenvalue weighted by Crippen LogP contribution is 2.15. The summed E-state index contributed by atoms with van der Waals surface area (Å²) in [6.45, 7) is 3.64. The second-order valence-corrected chi connectivity index (χ2v) is 4.68. The molecule has 0 aliphatic carbocycles. The first-order valence-corrected chi connectivity index (χ1v) is 7.27. The molecule has 0 spiro atoms. The Morgan fingerprint density at radius 3 is 2.48 bits per heavy atom. The summed E-state index contributed by atoms with van der Waals surface area (Å²) >= 11 is 0. The maximum absolute atomic E-state index is 12.1. The summed E-state index contributed by atoms with van der Waals surface area (Å²) in [6.07, 6.45) is 0.357. The van der Waals surface area contributed by atoms with E-state index in [-0.39, 0.29) is 23.6 Å². The molecule has 23 heavy (non-hydrogen) atoms. The van der Waals surface area contributed by atoms with Crippen molar-refractivity contribution >= 4 is 17.6 Å². The molecular weight excluding hydrogens is 298 g/mol. The summed E-state index contributed by atoms with van der Waals surface area (Å²) < 4.78 is 10.1. The van der Waals surface area contributed by atoms with Gasteiger partial charge in [-0.3, -0.25) is 4.79 Å². The minimum Gasteiger partial charge on any atom is -0.462 e. The molecule has 1 heterocycles. The van der Waals surface area contributed by atoms with E-state index in [1.165, 1.54) is 6.07 Å². The average molecular weight is 315 g/mol. The third-order valence-electron chi connectivity index (χ3n) is 3.13. The molecule has 0 unspecified atom stereocenters. The molecule has 1 aromatic heterocycles. The number of hydrogen-bond acceptors (Lipinski definition) is 5. The summed E-state index contributed by atoms with van der Waals surface area (Å²) in [6, 6.07) is 9.72. The number of ether oxygens (including phenoxy) is 1. The Balaban J connectivity index is 2.35. The second kappa shape index (κ2) is 7.40. The van der Waals surface area contributed by atoms with E-state index in [0.29, 0.717) is 12.0 Å². The number of anilines is 1. The topological polar surface area (TPSA) is 85.6 Å². The van der Waals surface area contributed by atoms with E-state index in [1.54, 1.807) is 44.2 Å². The lowest BCUT2D eigenvalue weighted by molar-refractivity contribution is 0.0521. The number of carbonyl (C=O) groups excluding carboxylic acids is 2. The fourth-order valence-electron chi connectivity index (χ4n) is 2.02. The molecule has 2 aromatic rings. The van der Waals surface area contributed by atoms with Crippen molar-refractivity contribution in [3.8, 4) is 0 Å². The van der Waals surface area contributed by atoms with Gasteiger partial charge in [0.2, 0.25) is 0 Å². The number of carbonyl (C=O) groups is 2. The molecule has 2 rings (SSSR count). The SMILES string of the molecule is CCOC(=O)c1cc(NC(=O)c2ccccc2)c(=O)oc1CC. The predicted octanol–water partition coefficient (Wildman–Crippen LogP) is 2.63. The Kier molecular flexibility index (Phi) is 5.30. The van der Waals surface area contributed by atoms with Crippen LogP contribution in [0.5, 0.6) is 0 Å². The van der Waals surface area contributed by atoms with Crippen LogP contribution in [-0.4, -0.2) is 18.5 Å². The van der Waals surface area contributed by atoms with Crippen molar-refractivity contribution in [2.45, 2.75) is 20.3 Å². The molecule has 0 radical (unpaired) electrons. The van der Waals surface area contributed by atoms with Crippen molar-refractivity contribution in [1.82, 2.24) is 0 Å². The Morgan fingerprint density at radius 1 is 1.17 bits per heavy atom. The lowest BCUT2D eigenvalue weighted by Crippen LogP contribution is -2.20. The van der Waals surface area contributed by atoms with Gasteiger partial charge in [0.25, 0.3) is 5.91 Å². The van der Waals surface area contributed by atoms with E-state index in [1.807, 2.05) is 0 Å². The third-order valence-corrected chi connectivity index (χ3v) is 3.13. The van der Waals surface area contributed by atoms with Gasteiger partial charge in [0.1, 0.15) is 17.0 Å². The number of amides is 1. The Labute approximate surface area is 133 Å². The fraction of sp³-hybridized carbons (Fsp3) is 0.235. The monoisotopic (exact) mass is 315 g/mol. The van der Waals surface area contributed by atoms with Crippen LogP contribution in [0.25, 0.3) is 0 Å². The zero-order valence-electron chi connectivity index (χ0n) is 12.9. The molecular formula is C17H17NO5. The number of aryl methyl sites for hydroxylation is 1. The standard InChI is InChI=1S/C17H17NO5/c1-3-14-12(16(20)22-4-2)10-13(17(21)23-14)18-15(19)11-8-6-5-7-9-11/h5-10H,3-4H2,1-2H3,(H,18,19). The molecule has 1 N–H and O–H groups in total. The molecule has 0 aliphatic rings. The summed E-state index contributed by atoms with van der Waals surface area (Å²) in [5.74, 6) is -0.827. The van der Waals surface area contributed by atoms with Crippen molar-refractivity contribution in [3.63, 3.8) is 0 Å². The van der Waals surface area contributed by atoms with Crippen LogP contribution in [0.4, 0.5) is 5.69 Å². The highest BCUT2D eigenvalue weighted by atomic mass is 16.5. The van der Waals surface area contributed by atoms with Gasteiger partial charge in [-0.2, -0.15) is 0 Å². The molecule has 6 nitrogen and oxygen atoms in total. The van der Waals surface area contributed by atoms with Gasteiger partial charge in [-0.15, -0.1) is 0 Å². The molecule has 1 aromatic carbocycles. The minimum atomic E-state index is -0.709. The summed E-state index contributed by atoms with van der Waals surface area (Å²) in [5.41, 5.74) is -0.278. The van der Waals surface area contributed by atoms with Crippen molar-refractivity contribution in [2.24, 2.45) is 0 Å². The Morgan fingerprint density at radius 2 is 1.87 bits per heavy atom. The number of hydrogen-bond donors (Lipinski definition) is 1. The number of rotatable bonds is 5. The molecule has 1 amide bonds. The maximum Gasteiger partial charge on any atom is 0.359 e. The first kappa shape index (κ1) is 16.5. The van der Waals surface area contributed by atoms with Gasteiger partial charge in [-0.25, -0.2) is 9.59 Å². The lowest BCUT2D eigenvalue weighted by atomic mass is 10.1. The van der Waals surface area contributed by atoms with E-state index in [9.17, 15) is 14.4 Å². The molecule has 0 fully saturated rings. The zero-order valence-corrected chi connectivity index (χ0v) is 12.9. The van der Waals surface area contributed by atoms with Crippen LogP contribution in [0.15, 0.2) is 45.6 Å². The molecule has 0 saturated heterocycles. The second-order valence-electron chi connectivity index (χ2n) is 4.68. The van der Waals surface area contributed by atoms with E-state index in [2.05, 4.69) is 5.32 Å². The first-order chi connectivity index (χ1) is 11.1. The summed E-state index contributed by atoms with van der Waals surface area (Å²) in [4.78, 5) is 36.0. The van der Waals surface area contributed by atoms with Crippen LogP contribution >= 0.6 is 0 Å². The third kappa shape index (κ3) is 3.85. The van der Waals surface area contributed by atoms with Crippen molar-refractivity contribution in [1.29, 1.82) is 0 Å². The van der Waals surface area contributed by atoms with Crippen LogP contribution < -0.4 is 10.9 Å². The van der Waals surface area contributed by atoms with Crippen LogP contribution in [0, 0.1) is 0 Å². The normalized spacial score (nSPS) is 10.2. The van der Waals surface area contributed by atoms with E-state index < -0.39 is 17.5 Å². The largest absolute Gasteiger partial charge is 0.462 e. The average Bonchev–Trinajstić information content (AvgIpc) is 2.57. The van der Waals surface area contributed by atoms with Crippen LogP contribution in [0.3, 0.4) is 0 Å². The van der Waals surface area contributed by atoms with Crippen molar-refractivity contribution < 1.29 is 18.7 Å². The molecule has 0 aliphatic heterocycles. The highest BCUT2D eigenvalue weighted by molar-refractivity contribution is 6.04. The van der Waals surface area contributed by atoms with Gasteiger partial charge < -0.3 is 14.5 Å². The highest BCUT2D eigenvalue weighted by Gasteiger charge is 2.19. The van der Waals surface area contributed by atoms with Crippen molar-refractivity contribution in [2.75, 3.05) is 11.9 Å². The van der Waals surface area contributed by atoms with Gasteiger partial charge >= 0.3 is 11.6 Å². The van der Waals surface area contributed by atoms with Gasteiger partial charge in [-0.1, -0.05) is 25.1 Å². The predicted molar refractivity (Wildman–Crippen MR) is 84.7 cm³/mol. The number of nitrogens with one attached hydrogen (secondary N) is 1. The Bertz CT molecular complexity index is 764. The van der Waals surface area contributed by atoms with Crippen LogP contribution in [-0.2, 0) is 11.2 Å². The molecule has 0 atom stereocenters. The first-order valence-electron chi connectivity index (χ1n) is 7.27. The van der Waals surface area contributed by atoms with Crippen molar-refractivity contribution in [3.05, 3.63) is 63.7 Å². The molecule has 120 valence electrons. The number of esters is 1. The fourth-order valence-corrected chi connectivity index (χ4v) is 2.02. The molecule has 0 saturated carbocycles. The molecule has 0 bridgehead atoms. The van der Waals surface area contributed by atoms with E-state index in [4.69, 9.17) is 9.15 Å². The van der Waals surface area contributed by atoms with Crippen LogP contribution in [0.2, 0.25) is 0 Å². The smallest absolute Gasteiger partial charge is 0.359 e. The van der Waals surface area contributed by atoms with Gasteiger partial charge in [-0.05, 0) is 25.1 Å². The quantitative estimate of drug-likeness (QED) is 0.857. The van der Waals surface area contributed by atoms with Gasteiger partial charge in [0, 0.05) is 12.0 Å². The van der Waals surface area contributed by atoms with E-state index in [0.717, 1.165) is 0 Å². The molecule has 6 heteroatoms.